The lowest BCUT2D eigenvalue weighted by Crippen LogP contribution is -2.49. The maximum atomic E-state index is 13.9. The van der Waals surface area contributed by atoms with Crippen molar-refractivity contribution in [3.05, 3.63) is 71.5 Å². The molecule has 0 aliphatic carbocycles. The molecule has 26 heavy (non-hydrogen) atoms. The van der Waals surface area contributed by atoms with Gasteiger partial charge in [0.15, 0.2) is 0 Å². The smallest absolute Gasteiger partial charge is 0.255 e. The van der Waals surface area contributed by atoms with E-state index in [1.165, 1.54) is 6.07 Å². The molecule has 0 unspecified atom stereocenters. The van der Waals surface area contributed by atoms with Crippen LogP contribution in [0.15, 0.2) is 60.1 Å². The second kappa shape index (κ2) is 7.25. The number of hydrogen-bond acceptors (Lipinski definition) is 4. The molecule has 1 fully saturated rings. The Labute approximate surface area is 155 Å². The summed E-state index contributed by atoms with van der Waals surface area (Å²) in [5.41, 5.74) is 2.06. The predicted octanol–water partition coefficient (Wildman–Crippen LogP) is 3.91. The molecule has 3 heterocycles. The van der Waals surface area contributed by atoms with Crippen molar-refractivity contribution in [1.29, 1.82) is 0 Å². The number of hydrogen-bond donors (Lipinski definition) is 0. The minimum Gasteiger partial charge on any atom is -0.366 e. The van der Waals surface area contributed by atoms with E-state index in [2.05, 4.69) is 4.98 Å². The zero-order valence-electron chi connectivity index (χ0n) is 14.1. The van der Waals surface area contributed by atoms with Crippen molar-refractivity contribution < 1.29 is 9.18 Å². The Hall–Kier alpha value is -2.73. The van der Waals surface area contributed by atoms with E-state index in [0.29, 0.717) is 37.4 Å². The van der Waals surface area contributed by atoms with Crippen molar-refractivity contribution in [2.45, 2.75) is 0 Å². The molecule has 4 nitrogen and oxygen atoms in total. The van der Waals surface area contributed by atoms with Gasteiger partial charge in [0.05, 0.1) is 21.8 Å². The number of carbonyl (C=O) groups is 1. The molecule has 1 amide bonds. The number of piperazine rings is 1. The summed E-state index contributed by atoms with van der Waals surface area (Å²) in [6.07, 6.45) is 1.64. The van der Waals surface area contributed by atoms with E-state index < -0.39 is 0 Å². The van der Waals surface area contributed by atoms with Crippen LogP contribution < -0.4 is 4.90 Å². The second-order valence-electron chi connectivity index (χ2n) is 6.14. The van der Waals surface area contributed by atoms with E-state index in [9.17, 15) is 9.18 Å². The summed E-state index contributed by atoms with van der Waals surface area (Å²) in [5.74, 6) is -0.246. The normalized spacial score (nSPS) is 14.5. The number of amides is 1. The Morgan fingerprint density at radius 3 is 2.46 bits per heavy atom. The van der Waals surface area contributed by atoms with Crippen LogP contribution in [0.1, 0.15) is 10.4 Å². The molecule has 1 aliphatic heterocycles. The van der Waals surface area contributed by atoms with E-state index in [-0.39, 0.29) is 11.7 Å². The van der Waals surface area contributed by atoms with Gasteiger partial charge in [0, 0.05) is 32.4 Å². The van der Waals surface area contributed by atoms with Gasteiger partial charge in [-0.05, 0) is 35.7 Å². The maximum absolute atomic E-state index is 13.9. The summed E-state index contributed by atoms with van der Waals surface area (Å²) in [5, 5.41) is 2.01. The zero-order valence-corrected chi connectivity index (χ0v) is 15.0. The lowest BCUT2D eigenvalue weighted by Gasteiger charge is -2.36. The van der Waals surface area contributed by atoms with Gasteiger partial charge in [-0.25, -0.2) is 4.39 Å². The lowest BCUT2D eigenvalue weighted by atomic mass is 10.2. The van der Waals surface area contributed by atoms with Crippen molar-refractivity contribution in [2.24, 2.45) is 0 Å². The Balaban J connectivity index is 1.41. The van der Waals surface area contributed by atoms with Gasteiger partial charge in [0.2, 0.25) is 0 Å². The third kappa shape index (κ3) is 3.32. The van der Waals surface area contributed by atoms with Crippen molar-refractivity contribution in [3.8, 4) is 10.6 Å². The SMILES string of the molecule is O=C(c1ccc(-c2cccs2)nc1)N1CCN(c2ccccc2F)CC1. The first-order valence-corrected chi connectivity index (χ1v) is 9.39. The molecule has 2 aromatic heterocycles. The average Bonchev–Trinajstić information content (AvgIpc) is 3.23. The molecule has 6 heteroatoms. The monoisotopic (exact) mass is 367 g/mol. The fraction of sp³-hybridized carbons (Fsp3) is 0.200. The highest BCUT2D eigenvalue weighted by atomic mass is 32.1. The largest absolute Gasteiger partial charge is 0.366 e. The molecule has 1 aromatic carbocycles. The summed E-state index contributed by atoms with van der Waals surface area (Å²) in [7, 11) is 0. The minimum atomic E-state index is -0.222. The van der Waals surface area contributed by atoms with E-state index in [1.807, 2.05) is 40.6 Å². The predicted molar refractivity (Wildman–Crippen MR) is 102 cm³/mol. The standard InChI is InChI=1S/C20H18FN3OS/c21-16-4-1-2-5-18(16)23-9-11-24(12-10-23)20(25)15-7-8-17(22-14-15)19-6-3-13-26-19/h1-8,13-14H,9-12H2. The number of pyridine rings is 1. The van der Waals surface area contributed by atoms with Crippen LogP contribution in [0.4, 0.5) is 10.1 Å². The zero-order chi connectivity index (χ0) is 17.9. The van der Waals surface area contributed by atoms with Crippen LogP contribution in [0.2, 0.25) is 0 Å². The van der Waals surface area contributed by atoms with E-state index in [0.717, 1.165) is 10.6 Å². The van der Waals surface area contributed by atoms with Gasteiger partial charge < -0.3 is 9.80 Å². The highest BCUT2D eigenvalue weighted by molar-refractivity contribution is 7.13. The van der Waals surface area contributed by atoms with Crippen LogP contribution in [-0.4, -0.2) is 42.0 Å². The van der Waals surface area contributed by atoms with Gasteiger partial charge in [0.25, 0.3) is 5.91 Å². The van der Waals surface area contributed by atoms with Crippen LogP contribution in [-0.2, 0) is 0 Å². The summed E-state index contributed by atoms with van der Waals surface area (Å²) >= 11 is 1.62. The van der Waals surface area contributed by atoms with Gasteiger partial charge in [-0.1, -0.05) is 18.2 Å². The number of aromatic nitrogens is 1. The highest BCUT2D eigenvalue weighted by Gasteiger charge is 2.23. The van der Waals surface area contributed by atoms with Gasteiger partial charge in [-0.2, -0.15) is 0 Å². The van der Waals surface area contributed by atoms with E-state index in [1.54, 1.807) is 34.6 Å². The van der Waals surface area contributed by atoms with Crippen LogP contribution >= 0.6 is 11.3 Å². The average molecular weight is 367 g/mol. The van der Waals surface area contributed by atoms with Crippen molar-refractivity contribution in [3.63, 3.8) is 0 Å². The number of halogens is 1. The maximum Gasteiger partial charge on any atom is 0.255 e. The lowest BCUT2D eigenvalue weighted by molar-refractivity contribution is 0.0746. The molecule has 0 radical (unpaired) electrons. The Bertz CT molecular complexity index is 888. The summed E-state index contributed by atoms with van der Waals surface area (Å²) in [6, 6.07) is 14.5. The number of rotatable bonds is 3. The number of anilines is 1. The first-order chi connectivity index (χ1) is 12.7. The summed E-state index contributed by atoms with van der Waals surface area (Å²) in [4.78, 5) is 22.0. The second-order valence-corrected chi connectivity index (χ2v) is 7.09. The van der Waals surface area contributed by atoms with Gasteiger partial charge >= 0.3 is 0 Å². The molecular weight excluding hydrogens is 349 g/mol. The van der Waals surface area contributed by atoms with Crippen LogP contribution in [0, 0.1) is 5.82 Å². The van der Waals surface area contributed by atoms with Crippen molar-refractivity contribution >= 4 is 22.9 Å². The number of benzene rings is 1. The molecule has 3 aromatic rings. The van der Waals surface area contributed by atoms with E-state index >= 15 is 0 Å². The van der Waals surface area contributed by atoms with Crippen LogP contribution in [0.25, 0.3) is 10.6 Å². The first kappa shape index (κ1) is 16.7. The third-order valence-corrected chi connectivity index (χ3v) is 5.44. The molecule has 1 saturated heterocycles. The van der Waals surface area contributed by atoms with Crippen LogP contribution in [0.5, 0.6) is 0 Å². The molecular formula is C20H18FN3OS. The Morgan fingerprint density at radius 2 is 1.81 bits per heavy atom. The molecule has 0 N–H and O–H groups in total. The fourth-order valence-electron chi connectivity index (χ4n) is 3.13. The molecule has 0 bridgehead atoms. The van der Waals surface area contributed by atoms with Gasteiger partial charge in [-0.3, -0.25) is 9.78 Å². The van der Waals surface area contributed by atoms with Crippen LogP contribution in [0.3, 0.4) is 0 Å². The van der Waals surface area contributed by atoms with Gasteiger partial charge in [0.1, 0.15) is 5.82 Å². The molecule has 1 aliphatic rings. The molecule has 132 valence electrons. The van der Waals surface area contributed by atoms with Gasteiger partial charge in [-0.15, -0.1) is 11.3 Å². The fourth-order valence-corrected chi connectivity index (χ4v) is 3.83. The number of thiophene rings is 1. The third-order valence-electron chi connectivity index (χ3n) is 4.54. The Kier molecular flexibility index (Phi) is 4.67. The molecule has 0 spiro atoms. The molecule has 0 atom stereocenters. The molecule has 4 rings (SSSR count). The Morgan fingerprint density at radius 1 is 1.00 bits per heavy atom. The number of nitrogens with zero attached hydrogens (tertiary/aromatic N) is 3. The summed E-state index contributed by atoms with van der Waals surface area (Å²) in [6.45, 7) is 2.38. The first-order valence-electron chi connectivity index (χ1n) is 8.51. The van der Waals surface area contributed by atoms with E-state index in [4.69, 9.17) is 0 Å². The highest BCUT2D eigenvalue weighted by Crippen LogP contribution is 2.23. The van der Waals surface area contributed by atoms with Crippen molar-refractivity contribution in [2.75, 3.05) is 31.1 Å². The molecule has 0 saturated carbocycles. The topological polar surface area (TPSA) is 36.4 Å². The summed E-state index contributed by atoms with van der Waals surface area (Å²) < 4.78 is 13.9. The number of para-hydroxylation sites is 1. The van der Waals surface area contributed by atoms with Crippen molar-refractivity contribution in [1.82, 2.24) is 9.88 Å². The number of carbonyl (C=O) groups excluding carboxylic acids is 1. The minimum absolute atomic E-state index is 0.0246. The quantitative estimate of drug-likeness (QED) is 0.704.